The monoisotopic (exact) mass is 499 g/mol. The van der Waals surface area contributed by atoms with Crippen LogP contribution in [0.25, 0.3) is 0 Å². The van der Waals surface area contributed by atoms with Crippen molar-refractivity contribution in [1.29, 1.82) is 0 Å². The van der Waals surface area contributed by atoms with E-state index in [1.54, 1.807) is 38.7 Å². The van der Waals surface area contributed by atoms with Crippen LogP contribution in [0.2, 0.25) is 5.02 Å². The molecular formula is C27H34ClN3O4. The fraction of sp³-hybridized carbons (Fsp3) is 0.444. The van der Waals surface area contributed by atoms with E-state index in [2.05, 4.69) is 10.6 Å². The van der Waals surface area contributed by atoms with Crippen LogP contribution in [0.1, 0.15) is 63.3 Å². The largest absolute Gasteiger partial charge is 0.444 e. The summed E-state index contributed by atoms with van der Waals surface area (Å²) in [5.74, 6) is -0.718. The molecule has 1 aliphatic rings. The van der Waals surface area contributed by atoms with Crippen LogP contribution in [0.15, 0.2) is 42.5 Å². The zero-order valence-electron chi connectivity index (χ0n) is 21.1. The summed E-state index contributed by atoms with van der Waals surface area (Å²) in [7, 11) is 0. The van der Waals surface area contributed by atoms with E-state index in [1.165, 1.54) is 0 Å². The van der Waals surface area contributed by atoms with Gasteiger partial charge < -0.3 is 20.3 Å². The minimum absolute atomic E-state index is 0.102. The maximum absolute atomic E-state index is 13.7. The molecule has 1 fully saturated rings. The lowest BCUT2D eigenvalue weighted by atomic mass is 10.0. The van der Waals surface area contributed by atoms with Gasteiger partial charge in [0.05, 0.1) is 10.7 Å². The normalized spacial score (nSPS) is 15.1. The number of rotatable bonds is 7. The third-order valence-electron chi connectivity index (χ3n) is 5.69. The molecule has 0 aliphatic heterocycles. The second kappa shape index (κ2) is 10.7. The van der Waals surface area contributed by atoms with Crippen molar-refractivity contribution < 1.29 is 19.1 Å². The number of nitrogens with zero attached hydrogens (tertiary/aromatic N) is 1. The molecule has 0 bridgehead atoms. The molecule has 3 amide bonds. The molecule has 35 heavy (non-hydrogen) atoms. The van der Waals surface area contributed by atoms with E-state index in [0.29, 0.717) is 16.3 Å². The fourth-order valence-electron chi connectivity index (χ4n) is 3.81. The lowest BCUT2D eigenvalue weighted by Gasteiger charge is -2.34. The molecule has 3 rings (SSSR count). The summed E-state index contributed by atoms with van der Waals surface area (Å²) in [6.45, 7) is 10.7. The molecule has 0 heterocycles. The number of hydrogen-bond donors (Lipinski definition) is 2. The number of benzene rings is 2. The van der Waals surface area contributed by atoms with Crippen LogP contribution in [0.5, 0.6) is 0 Å². The third kappa shape index (κ3) is 6.98. The van der Waals surface area contributed by atoms with Crippen LogP contribution >= 0.6 is 11.6 Å². The van der Waals surface area contributed by atoms with Crippen molar-refractivity contribution in [3.05, 3.63) is 64.2 Å². The number of anilines is 1. The summed E-state index contributed by atoms with van der Waals surface area (Å²) in [6, 6.07) is 11.0. The van der Waals surface area contributed by atoms with Crippen molar-refractivity contribution in [2.75, 3.05) is 5.32 Å². The number of amides is 3. The second-order valence-corrected chi connectivity index (χ2v) is 10.5. The topological polar surface area (TPSA) is 87.7 Å². The van der Waals surface area contributed by atoms with E-state index in [-0.39, 0.29) is 17.9 Å². The van der Waals surface area contributed by atoms with Gasteiger partial charge in [0.25, 0.3) is 5.91 Å². The lowest BCUT2D eigenvalue weighted by Crippen LogP contribution is -2.52. The maximum Gasteiger partial charge on any atom is 0.408 e. The van der Waals surface area contributed by atoms with Gasteiger partial charge in [-0.1, -0.05) is 53.6 Å². The number of halogens is 1. The third-order valence-corrected chi connectivity index (χ3v) is 6.00. The predicted octanol–water partition coefficient (Wildman–Crippen LogP) is 5.54. The summed E-state index contributed by atoms with van der Waals surface area (Å²) in [6.07, 6.45) is 0.884. The Labute approximate surface area is 212 Å². The lowest BCUT2D eigenvalue weighted by molar-refractivity contribution is -0.141. The molecule has 2 aromatic carbocycles. The van der Waals surface area contributed by atoms with Gasteiger partial charge in [-0.3, -0.25) is 9.59 Å². The molecule has 2 N–H and O–H groups in total. The molecule has 1 saturated carbocycles. The molecule has 1 aliphatic carbocycles. The summed E-state index contributed by atoms with van der Waals surface area (Å²) in [4.78, 5) is 41.3. The Kier molecular flexibility index (Phi) is 8.11. The van der Waals surface area contributed by atoms with Gasteiger partial charge in [-0.2, -0.15) is 0 Å². The number of para-hydroxylation sites is 1. The molecule has 0 aromatic heterocycles. The fourth-order valence-corrected chi connectivity index (χ4v) is 4.08. The Morgan fingerprint density at radius 3 is 2.23 bits per heavy atom. The first-order valence-corrected chi connectivity index (χ1v) is 12.2. The molecule has 8 heteroatoms. The van der Waals surface area contributed by atoms with E-state index in [4.69, 9.17) is 16.3 Å². The van der Waals surface area contributed by atoms with Gasteiger partial charge >= 0.3 is 6.09 Å². The average Bonchev–Trinajstić information content (AvgIpc) is 3.58. The van der Waals surface area contributed by atoms with Crippen molar-refractivity contribution in [3.8, 4) is 0 Å². The summed E-state index contributed by atoms with van der Waals surface area (Å²) >= 11 is 6.37. The molecule has 0 radical (unpaired) electrons. The molecule has 2 atom stereocenters. The molecule has 2 unspecified atom stereocenters. The number of aryl methyl sites for hydroxylation is 2. The molecule has 0 spiro atoms. The second-order valence-electron chi connectivity index (χ2n) is 10.1. The highest BCUT2D eigenvalue weighted by Gasteiger charge is 2.43. The summed E-state index contributed by atoms with van der Waals surface area (Å²) < 4.78 is 5.31. The number of nitrogens with one attached hydrogen (secondary N) is 2. The van der Waals surface area contributed by atoms with Crippen molar-refractivity contribution >= 4 is 35.2 Å². The molecule has 2 aromatic rings. The van der Waals surface area contributed by atoms with Crippen molar-refractivity contribution in [3.63, 3.8) is 0 Å². The Morgan fingerprint density at radius 2 is 1.69 bits per heavy atom. The standard InChI is InChI=1S/C27H34ClN3O4/c1-16-10-12-19(13-11-16)23(24(32)30-22-17(2)8-7-9-21(22)28)31(20-14-15-20)25(33)18(3)29-26(34)35-27(4,5)6/h7-13,18,20,23H,14-15H2,1-6H3,(H,29,34)(H,30,32). The molecular weight excluding hydrogens is 466 g/mol. The van der Waals surface area contributed by atoms with Crippen LogP contribution in [0.3, 0.4) is 0 Å². The summed E-state index contributed by atoms with van der Waals surface area (Å²) in [5.41, 5.74) is 2.36. The number of carbonyl (C=O) groups is 3. The van der Waals surface area contributed by atoms with E-state index in [9.17, 15) is 14.4 Å². The summed E-state index contributed by atoms with van der Waals surface area (Å²) in [5, 5.41) is 5.98. The highest BCUT2D eigenvalue weighted by molar-refractivity contribution is 6.34. The Hall–Kier alpha value is -3.06. The van der Waals surface area contributed by atoms with E-state index in [1.807, 2.05) is 50.2 Å². The van der Waals surface area contributed by atoms with E-state index in [0.717, 1.165) is 24.0 Å². The SMILES string of the molecule is Cc1ccc(C(C(=O)Nc2c(C)cccc2Cl)N(C(=O)C(C)NC(=O)OC(C)(C)C)C2CC2)cc1. The first-order chi connectivity index (χ1) is 16.4. The van der Waals surface area contributed by atoms with Crippen molar-refractivity contribution in [1.82, 2.24) is 10.2 Å². The van der Waals surface area contributed by atoms with Gasteiger partial charge in [-0.15, -0.1) is 0 Å². The van der Waals surface area contributed by atoms with Crippen LogP contribution < -0.4 is 10.6 Å². The average molecular weight is 500 g/mol. The smallest absolute Gasteiger partial charge is 0.408 e. The predicted molar refractivity (Wildman–Crippen MR) is 137 cm³/mol. The van der Waals surface area contributed by atoms with Gasteiger partial charge in [0.2, 0.25) is 5.91 Å². The van der Waals surface area contributed by atoms with Crippen molar-refractivity contribution in [2.45, 2.75) is 78.1 Å². The highest BCUT2D eigenvalue weighted by Crippen LogP contribution is 2.37. The number of hydrogen-bond acceptors (Lipinski definition) is 4. The first kappa shape index (κ1) is 26.5. The number of carbonyl (C=O) groups excluding carboxylic acids is 3. The van der Waals surface area contributed by atoms with Gasteiger partial charge in [-0.05, 0) is 71.6 Å². The van der Waals surface area contributed by atoms with Gasteiger partial charge in [0.15, 0.2) is 0 Å². The van der Waals surface area contributed by atoms with E-state index >= 15 is 0 Å². The van der Waals surface area contributed by atoms with Crippen LogP contribution in [-0.2, 0) is 14.3 Å². The van der Waals surface area contributed by atoms with Gasteiger partial charge in [-0.25, -0.2) is 4.79 Å². The zero-order valence-corrected chi connectivity index (χ0v) is 21.9. The van der Waals surface area contributed by atoms with Gasteiger partial charge in [0.1, 0.15) is 17.7 Å². The quantitative estimate of drug-likeness (QED) is 0.523. The van der Waals surface area contributed by atoms with Crippen LogP contribution in [0.4, 0.5) is 10.5 Å². The molecule has 0 saturated heterocycles. The van der Waals surface area contributed by atoms with Crippen LogP contribution in [0, 0.1) is 13.8 Å². The Balaban J connectivity index is 1.93. The number of ether oxygens (including phenoxy) is 1. The molecule has 188 valence electrons. The zero-order chi connectivity index (χ0) is 25.9. The van der Waals surface area contributed by atoms with Crippen LogP contribution in [-0.4, -0.2) is 40.5 Å². The van der Waals surface area contributed by atoms with E-state index < -0.39 is 23.8 Å². The van der Waals surface area contributed by atoms with Crippen molar-refractivity contribution in [2.24, 2.45) is 0 Å². The Morgan fingerprint density at radius 1 is 1.06 bits per heavy atom. The van der Waals surface area contributed by atoms with Gasteiger partial charge in [0, 0.05) is 6.04 Å². The minimum atomic E-state index is -0.894. The maximum atomic E-state index is 13.7. The number of alkyl carbamates (subject to hydrolysis) is 1. The Bertz CT molecular complexity index is 1070. The first-order valence-electron chi connectivity index (χ1n) is 11.8. The minimum Gasteiger partial charge on any atom is -0.444 e. The molecule has 7 nitrogen and oxygen atoms in total. The highest BCUT2D eigenvalue weighted by atomic mass is 35.5.